The Morgan fingerprint density at radius 1 is 1.18 bits per heavy atom. The second-order valence-corrected chi connectivity index (χ2v) is 8.43. The van der Waals surface area contributed by atoms with Crippen LogP contribution >= 0.6 is 0 Å². The minimum Gasteiger partial charge on any atom is -0.493 e. The van der Waals surface area contributed by atoms with Crippen LogP contribution in [0.25, 0.3) is 0 Å². The summed E-state index contributed by atoms with van der Waals surface area (Å²) >= 11 is 0. The van der Waals surface area contributed by atoms with E-state index in [0.717, 1.165) is 49.9 Å². The molecule has 1 saturated heterocycles. The van der Waals surface area contributed by atoms with Gasteiger partial charge in [0.1, 0.15) is 0 Å². The molecule has 28 heavy (non-hydrogen) atoms. The van der Waals surface area contributed by atoms with Gasteiger partial charge in [0.2, 0.25) is 0 Å². The Kier molecular flexibility index (Phi) is 7.98. The molecule has 0 bridgehead atoms. The SMILES string of the molecule is CN=C(NCC(C)(C)c1ccc(OC)c(OC)c1)NC1CCN(C(C)C)CC1. The molecular weight excluding hydrogens is 352 g/mol. The summed E-state index contributed by atoms with van der Waals surface area (Å²) in [6.07, 6.45) is 2.30. The normalized spacial score (nSPS) is 16.9. The highest BCUT2D eigenvalue weighted by Crippen LogP contribution is 2.32. The van der Waals surface area contributed by atoms with Crippen LogP contribution in [0, 0.1) is 0 Å². The number of piperidine rings is 1. The number of hydrogen-bond donors (Lipinski definition) is 2. The molecular formula is C22H38N4O2. The molecule has 6 nitrogen and oxygen atoms in total. The zero-order valence-corrected chi connectivity index (χ0v) is 18.6. The number of rotatable bonds is 7. The highest BCUT2D eigenvalue weighted by atomic mass is 16.5. The van der Waals surface area contributed by atoms with E-state index in [1.54, 1.807) is 14.2 Å². The van der Waals surface area contributed by atoms with Crippen molar-refractivity contribution in [2.75, 3.05) is 40.9 Å². The molecule has 2 N–H and O–H groups in total. The van der Waals surface area contributed by atoms with E-state index in [1.807, 2.05) is 13.1 Å². The van der Waals surface area contributed by atoms with Gasteiger partial charge in [0.25, 0.3) is 0 Å². The predicted molar refractivity (Wildman–Crippen MR) is 117 cm³/mol. The van der Waals surface area contributed by atoms with Gasteiger partial charge in [-0.15, -0.1) is 0 Å². The van der Waals surface area contributed by atoms with Crippen molar-refractivity contribution < 1.29 is 9.47 Å². The Hall–Kier alpha value is -1.95. The predicted octanol–water partition coefficient (Wildman–Crippen LogP) is 3.02. The first kappa shape index (κ1) is 22.3. The number of methoxy groups -OCH3 is 2. The van der Waals surface area contributed by atoms with Crippen molar-refractivity contribution in [1.82, 2.24) is 15.5 Å². The Bertz CT molecular complexity index is 650. The molecule has 0 amide bonds. The number of hydrogen-bond acceptors (Lipinski definition) is 4. The van der Waals surface area contributed by atoms with Gasteiger partial charge in [0.15, 0.2) is 17.5 Å². The maximum absolute atomic E-state index is 5.46. The van der Waals surface area contributed by atoms with Crippen LogP contribution < -0.4 is 20.1 Å². The number of nitrogens with zero attached hydrogens (tertiary/aromatic N) is 2. The summed E-state index contributed by atoms with van der Waals surface area (Å²) in [6.45, 7) is 12.0. The molecule has 1 fully saturated rings. The second-order valence-electron chi connectivity index (χ2n) is 8.43. The van der Waals surface area contributed by atoms with E-state index in [1.165, 1.54) is 5.56 Å². The molecule has 2 rings (SSSR count). The zero-order valence-electron chi connectivity index (χ0n) is 18.6. The Morgan fingerprint density at radius 2 is 1.82 bits per heavy atom. The summed E-state index contributed by atoms with van der Waals surface area (Å²) in [7, 11) is 5.16. The van der Waals surface area contributed by atoms with Crippen LogP contribution in [0.1, 0.15) is 46.1 Å². The lowest BCUT2D eigenvalue weighted by Crippen LogP contribution is -2.51. The molecule has 0 atom stereocenters. The smallest absolute Gasteiger partial charge is 0.191 e. The number of aliphatic imine (C=N–C) groups is 1. The van der Waals surface area contributed by atoms with E-state index in [2.05, 4.69) is 60.4 Å². The Balaban J connectivity index is 1.93. The Morgan fingerprint density at radius 3 is 2.36 bits per heavy atom. The molecule has 1 aromatic carbocycles. The molecule has 1 aliphatic heterocycles. The maximum Gasteiger partial charge on any atom is 0.191 e. The molecule has 158 valence electrons. The number of guanidine groups is 1. The average Bonchev–Trinajstić information content (AvgIpc) is 2.70. The van der Waals surface area contributed by atoms with Crippen LogP contribution in [-0.4, -0.2) is 63.8 Å². The van der Waals surface area contributed by atoms with Crippen LogP contribution in [0.4, 0.5) is 0 Å². The largest absolute Gasteiger partial charge is 0.493 e. The number of ether oxygens (including phenoxy) is 2. The van der Waals surface area contributed by atoms with Gasteiger partial charge in [-0.25, -0.2) is 0 Å². The molecule has 0 unspecified atom stereocenters. The molecule has 0 aromatic heterocycles. The number of likely N-dealkylation sites (tertiary alicyclic amines) is 1. The summed E-state index contributed by atoms with van der Waals surface area (Å²) in [5.74, 6) is 2.38. The lowest BCUT2D eigenvalue weighted by atomic mass is 9.84. The number of benzene rings is 1. The minimum atomic E-state index is -0.0851. The third-order valence-corrected chi connectivity index (χ3v) is 5.69. The van der Waals surface area contributed by atoms with Crippen LogP contribution in [0.15, 0.2) is 23.2 Å². The molecule has 0 aliphatic carbocycles. The average molecular weight is 391 g/mol. The first-order valence-electron chi connectivity index (χ1n) is 10.2. The highest BCUT2D eigenvalue weighted by Gasteiger charge is 2.24. The maximum atomic E-state index is 5.46. The van der Waals surface area contributed by atoms with E-state index in [9.17, 15) is 0 Å². The Labute approximate surface area is 170 Å². The number of nitrogens with one attached hydrogen (secondary N) is 2. The quantitative estimate of drug-likeness (QED) is 0.554. The van der Waals surface area contributed by atoms with Gasteiger partial charge in [-0.3, -0.25) is 4.99 Å². The van der Waals surface area contributed by atoms with E-state index >= 15 is 0 Å². The third-order valence-electron chi connectivity index (χ3n) is 5.69. The van der Waals surface area contributed by atoms with Crippen LogP contribution in [0.2, 0.25) is 0 Å². The third kappa shape index (κ3) is 5.77. The molecule has 6 heteroatoms. The monoisotopic (exact) mass is 390 g/mol. The fraction of sp³-hybridized carbons (Fsp3) is 0.682. The zero-order chi connectivity index (χ0) is 20.7. The molecule has 1 heterocycles. The summed E-state index contributed by atoms with van der Waals surface area (Å²) in [6, 6.07) is 7.22. The van der Waals surface area contributed by atoms with Crippen LogP contribution in [0.3, 0.4) is 0 Å². The van der Waals surface area contributed by atoms with Crippen LogP contribution in [-0.2, 0) is 5.41 Å². The van der Waals surface area contributed by atoms with Crippen molar-refractivity contribution in [2.45, 2.75) is 58.0 Å². The van der Waals surface area contributed by atoms with Gasteiger partial charge >= 0.3 is 0 Å². The fourth-order valence-corrected chi connectivity index (χ4v) is 3.61. The summed E-state index contributed by atoms with van der Waals surface area (Å²) in [4.78, 5) is 6.97. The van der Waals surface area contributed by atoms with Gasteiger partial charge in [-0.1, -0.05) is 19.9 Å². The molecule has 0 radical (unpaired) electrons. The van der Waals surface area contributed by atoms with Crippen molar-refractivity contribution in [3.8, 4) is 11.5 Å². The van der Waals surface area contributed by atoms with Crippen molar-refractivity contribution in [2.24, 2.45) is 4.99 Å². The van der Waals surface area contributed by atoms with E-state index in [-0.39, 0.29) is 5.41 Å². The van der Waals surface area contributed by atoms with Crippen molar-refractivity contribution in [3.63, 3.8) is 0 Å². The van der Waals surface area contributed by atoms with Gasteiger partial charge in [0.05, 0.1) is 14.2 Å². The molecule has 0 spiro atoms. The lowest BCUT2D eigenvalue weighted by molar-refractivity contribution is 0.167. The second kappa shape index (κ2) is 10.0. The summed E-state index contributed by atoms with van der Waals surface area (Å²) in [5, 5.41) is 7.11. The molecule has 0 saturated carbocycles. The standard InChI is InChI=1S/C22H38N4O2/c1-16(2)26-12-10-18(11-13-26)25-21(23-5)24-15-22(3,4)17-8-9-19(27-6)20(14-17)28-7/h8-9,14,16,18H,10-13,15H2,1-7H3,(H2,23,24,25). The van der Waals surface area contributed by atoms with Gasteiger partial charge < -0.3 is 25.0 Å². The molecule has 1 aromatic rings. The van der Waals surface area contributed by atoms with Crippen molar-refractivity contribution in [1.29, 1.82) is 0 Å². The van der Waals surface area contributed by atoms with E-state index in [0.29, 0.717) is 12.1 Å². The summed E-state index contributed by atoms with van der Waals surface area (Å²) < 4.78 is 10.8. The summed E-state index contributed by atoms with van der Waals surface area (Å²) in [5.41, 5.74) is 1.11. The van der Waals surface area contributed by atoms with Crippen molar-refractivity contribution >= 4 is 5.96 Å². The van der Waals surface area contributed by atoms with Crippen LogP contribution in [0.5, 0.6) is 11.5 Å². The minimum absolute atomic E-state index is 0.0851. The van der Waals surface area contributed by atoms with E-state index < -0.39 is 0 Å². The lowest BCUT2D eigenvalue weighted by Gasteiger charge is -2.35. The van der Waals surface area contributed by atoms with E-state index in [4.69, 9.17) is 9.47 Å². The topological polar surface area (TPSA) is 58.1 Å². The highest BCUT2D eigenvalue weighted by molar-refractivity contribution is 5.80. The molecule has 1 aliphatic rings. The fourth-order valence-electron chi connectivity index (χ4n) is 3.61. The van der Waals surface area contributed by atoms with Gasteiger partial charge in [-0.05, 0) is 44.4 Å². The van der Waals surface area contributed by atoms with Gasteiger partial charge in [0, 0.05) is 44.2 Å². The van der Waals surface area contributed by atoms with Gasteiger partial charge in [-0.2, -0.15) is 0 Å². The van der Waals surface area contributed by atoms with Crippen molar-refractivity contribution in [3.05, 3.63) is 23.8 Å². The first-order chi connectivity index (χ1) is 13.3. The first-order valence-corrected chi connectivity index (χ1v) is 10.2.